The lowest BCUT2D eigenvalue weighted by Crippen LogP contribution is -2.31. The van der Waals surface area contributed by atoms with Crippen molar-refractivity contribution in [2.24, 2.45) is 0 Å². The summed E-state index contributed by atoms with van der Waals surface area (Å²) < 4.78 is 6.32. The van der Waals surface area contributed by atoms with Crippen molar-refractivity contribution in [3.05, 3.63) is 56.5 Å². The van der Waals surface area contributed by atoms with Crippen molar-refractivity contribution in [1.29, 1.82) is 5.26 Å². The predicted octanol–water partition coefficient (Wildman–Crippen LogP) is 2.64. The fourth-order valence-corrected chi connectivity index (χ4v) is 2.61. The Morgan fingerprint density at radius 2 is 2.08 bits per heavy atom. The minimum absolute atomic E-state index is 0.0425. The molecule has 0 atom stereocenters. The lowest BCUT2D eigenvalue weighted by atomic mass is 10.1. The van der Waals surface area contributed by atoms with Crippen LogP contribution in [0.5, 0.6) is 5.75 Å². The molecule has 1 heterocycles. The second-order valence-electron chi connectivity index (χ2n) is 5.24. The highest BCUT2D eigenvalue weighted by Crippen LogP contribution is 2.27. The summed E-state index contributed by atoms with van der Waals surface area (Å²) in [6.07, 6.45) is 0. The van der Waals surface area contributed by atoms with Crippen LogP contribution in [0.2, 0.25) is 5.02 Å². The van der Waals surface area contributed by atoms with Crippen LogP contribution in [0, 0.1) is 25.2 Å². The fourth-order valence-electron chi connectivity index (χ4n) is 2.35. The molecule has 0 fully saturated rings. The van der Waals surface area contributed by atoms with E-state index >= 15 is 0 Å². The van der Waals surface area contributed by atoms with Crippen molar-refractivity contribution in [3.63, 3.8) is 0 Å². The number of hydrogen-bond donors (Lipinski definition) is 1. The zero-order chi connectivity index (χ0) is 17.9. The van der Waals surface area contributed by atoms with E-state index in [-0.39, 0.29) is 12.1 Å². The first-order valence-electron chi connectivity index (χ1n) is 7.12. The van der Waals surface area contributed by atoms with Crippen LogP contribution in [0.25, 0.3) is 0 Å². The molecular formula is C17H16ClN3O3. The van der Waals surface area contributed by atoms with Gasteiger partial charge in [-0.2, -0.15) is 5.26 Å². The Kier molecular flexibility index (Phi) is 5.27. The van der Waals surface area contributed by atoms with Crippen molar-refractivity contribution in [2.75, 3.05) is 12.4 Å². The molecule has 6 nitrogen and oxygen atoms in total. The van der Waals surface area contributed by atoms with E-state index in [0.29, 0.717) is 27.7 Å². The number of nitrogens with one attached hydrogen (secondary N) is 1. The fraction of sp³-hybridized carbons (Fsp3) is 0.235. The van der Waals surface area contributed by atoms with E-state index in [2.05, 4.69) is 5.32 Å². The minimum atomic E-state index is -0.474. The number of anilines is 1. The number of benzene rings is 1. The Morgan fingerprint density at radius 3 is 2.67 bits per heavy atom. The Bertz CT molecular complexity index is 897. The molecule has 0 aliphatic carbocycles. The number of hydrogen-bond acceptors (Lipinski definition) is 4. The molecule has 0 spiro atoms. The van der Waals surface area contributed by atoms with Gasteiger partial charge in [-0.05, 0) is 43.7 Å². The maximum atomic E-state index is 12.3. The smallest absolute Gasteiger partial charge is 0.269 e. The normalized spacial score (nSPS) is 10.1. The number of nitriles is 1. The van der Waals surface area contributed by atoms with Crippen LogP contribution in [0.3, 0.4) is 0 Å². The van der Waals surface area contributed by atoms with Gasteiger partial charge in [-0.25, -0.2) is 0 Å². The summed E-state index contributed by atoms with van der Waals surface area (Å²) in [5.41, 5.74) is 1.26. The highest BCUT2D eigenvalue weighted by Gasteiger charge is 2.13. The summed E-state index contributed by atoms with van der Waals surface area (Å²) in [7, 11) is 1.50. The lowest BCUT2D eigenvalue weighted by Gasteiger charge is -2.12. The van der Waals surface area contributed by atoms with Gasteiger partial charge in [0.05, 0.1) is 12.1 Å². The van der Waals surface area contributed by atoms with Gasteiger partial charge < -0.3 is 14.6 Å². The average molecular weight is 346 g/mol. The summed E-state index contributed by atoms with van der Waals surface area (Å²) in [5, 5.41) is 12.1. The molecule has 2 aromatic rings. The molecule has 0 radical (unpaired) electrons. The minimum Gasteiger partial charge on any atom is -0.495 e. The maximum absolute atomic E-state index is 12.3. The monoisotopic (exact) mass is 345 g/mol. The number of carbonyl (C=O) groups excluding carboxylic acids is 1. The molecule has 0 saturated heterocycles. The van der Waals surface area contributed by atoms with Crippen LogP contribution >= 0.6 is 11.6 Å². The van der Waals surface area contributed by atoms with Gasteiger partial charge in [0.2, 0.25) is 5.91 Å². The van der Waals surface area contributed by atoms with E-state index in [1.54, 1.807) is 38.1 Å². The van der Waals surface area contributed by atoms with Crippen LogP contribution in [0.4, 0.5) is 5.69 Å². The number of halogens is 1. The molecule has 1 aromatic carbocycles. The molecule has 2 rings (SSSR count). The third-order valence-electron chi connectivity index (χ3n) is 3.55. The molecule has 1 aromatic heterocycles. The molecule has 1 N–H and O–H groups in total. The number of aromatic nitrogens is 1. The second kappa shape index (κ2) is 7.20. The Hall–Kier alpha value is -2.78. The van der Waals surface area contributed by atoms with Crippen molar-refractivity contribution >= 4 is 23.2 Å². The highest BCUT2D eigenvalue weighted by atomic mass is 35.5. The zero-order valence-corrected chi connectivity index (χ0v) is 14.3. The van der Waals surface area contributed by atoms with Gasteiger partial charge in [0, 0.05) is 11.4 Å². The average Bonchev–Trinajstić information content (AvgIpc) is 2.52. The van der Waals surface area contributed by atoms with E-state index in [9.17, 15) is 9.59 Å². The maximum Gasteiger partial charge on any atom is 0.269 e. The summed E-state index contributed by atoms with van der Waals surface area (Å²) in [6, 6.07) is 8.42. The molecule has 0 unspecified atom stereocenters. The largest absolute Gasteiger partial charge is 0.495 e. The van der Waals surface area contributed by atoms with Crippen LogP contribution in [-0.2, 0) is 11.3 Å². The third kappa shape index (κ3) is 3.58. The SMILES string of the molecule is COc1ccc(NC(=O)Cn2c(C)cc(C)c(C#N)c2=O)cc1Cl. The van der Waals surface area contributed by atoms with Gasteiger partial charge in [-0.3, -0.25) is 9.59 Å². The summed E-state index contributed by atoms with van der Waals surface area (Å²) >= 11 is 6.01. The number of aryl methyl sites for hydroxylation is 2. The number of nitrogens with zero attached hydrogens (tertiary/aromatic N) is 2. The highest BCUT2D eigenvalue weighted by molar-refractivity contribution is 6.32. The second-order valence-corrected chi connectivity index (χ2v) is 5.65. The molecule has 1 amide bonds. The van der Waals surface area contributed by atoms with Crippen LogP contribution in [0.1, 0.15) is 16.8 Å². The van der Waals surface area contributed by atoms with Crippen LogP contribution in [0.15, 0.2) is 29.1 Å². The van der Waals surface area contributed by atoms with E-state index in [1.165, 1.54) is 11.7 Å². The van der Waals surface area contributed by atoms with Crippen LogP contribution < -0.4 is 15.6 Å². The van der Waals surface area contributed by atoms with Crippen molar-refractivity contribution in [3.8, 4) is 11.8 Å². The topological polar surface area (TPSA) is 84.1 Å². The summed E-state index contributed by atoms with van der Waals surface area (Å²) in [4.78, 5) is 24.5. The number of methoxy groups -OCH3 is 1. The molecule has 0 saturated carbocycles. The summed E-state index contributed by atoms with van der Waals surface area (Å²) in [6.45, 7) is 3.22. The first-order valence-corrected chi connectivity index (χ1v) is 7.49. The zero-order valence-electron chi connectivity index (χ0n) is 13.5. The van der Waals surface area contributed by atoms with E-state index in [1.807, 2.05) is 6.07 Å². The Labute approximate surface area is 144 Å². The number of ether oxygens (including phenoxy) is 1. The van der Waals surface area contributed by atoms with E-state index in [0.717, 1.165) is 0 Å². The van der Waals surface area contributed by atoms with Crippen molar-refractivity contribution < 1.29 is 9.53 Å². The van der Waals surface area contributed by atoms with Gasteiger partial charge >= 0.3 is 0 Å². The standard InChI is InChI=1S/C17H16ClN3O3/c1-10-6-11(2)21(17(23)13(10)8-19)9-16(22)20-12-4-5-15(24-3)14(18)7-12/h4-7H,9H2,1-3H3,(H,20,22). The van der Waals surface area contributed by atoms with Crippen molar-refractivity contribution in [1.82, 2.24) is 4.57 Å². The lowest BCUT2D eigenvalue weighted by molar-refractivity contribution is -0.116. The Balaban J connectivity index is 2.24. The molecule has 24 heavy (non-hydrogen) atoms. The third-order valence-corrected chi connectivity index (χ3v) is 3.85. The Morgan fingerprint density at radius 1 is 1.38 bits per heavy atom. The number of pyridine rings is 1. The molecule has 0 aliphatic heterocycles. The van der Waals surface area contributed by atoms with Gasteiger partial charge in [0.1, 0.15) is 23.9 Å². The van der Waals surface area contributed by atoms with Gasteiger partial charge in [0.25, 0.3) is 5.56 Å². The molecular weight excluding hydrogens is 330 g/mol. The number of rotatable bonds is 4. The van der Waals surface area contributed by atoms with Gasteiger partial charge in [0.15, 0.2) is 0 Å². The molecule has 0 bridgehead atoms. The predicted molar refractivity (Wildman–Crippen MR) is 91.5 cm³/mol. The first kappa shape index (κ1) is 17.6. The van der Waals surface area contributed by atoms with Crippen LogP contribution in [-0.4, -0.2) is 17.6 Å². The number of amides is 1. The summed E-state index contributed by atoms with van der Waals surface area (Å²) in [5.74, 6) is 0.105. The quantitative estimate of drug-likeness (QED) is 0.923. The molecule has 0 aliphatic rings. The van der Waals surface area contributed by atoms with Gasteiger partial charge in [-0.1, -0.05) is 11.6 Å². The molecule has 124 valence electrons. The van der Waals surface area contributed by atoms with E-state index in [4.69, 9.17) is 21.6 Å². The molecule has 7 heteroatoms. The first-order chi connectivity index (χ1) is 11.4. The van der Waals surface area contributed by atoms with E-state index < -0.39 is 11.5 Å². The van der Waals surface area contributed by atoms with Gasteiger partial charge in [-0.15, -0.1) is 0 Å². The van der Waals surface area contributed by atoms with Crippen molar-refractivity contribution in [2.45, 2.75) is 20.4 Å². The number of carbonyl (C=O) groups is 1.